The van der Waals surface area contributed by atoms with Gasteiger partial charge < -0.3 is 15.2 Å². The largest absolute Gasteiger partial charge is 0.323 e. The number of nitrogens with zero attached hydrogens (tertiary/aromatic N) is 2. The molecule has 2 heterocycles. The third-order valence-electron chi connectivity index (χ3n) is 3.83. The van der Waals surface area contributed by atoms with Crippen molar-refractivity contribution < 1.29 is 4.79 Å². The van der Waals surface area contributed by atoms with Gasteiger partial charge in [-0.3, -0.25) is 9.89 Å². The number of benzene rings is 1. The summed E-state index contributed by atoms with van der Waals surface area (Å²) in [5.74, 6) is 0. The highest BCUT2D eigenvalue weighted by Crippen LogP contribution is 2.17. The predicted octanol–water partition coefficient (Wildman–Crippen LogP) is 2.88. The first-order valence-corrected chi connectivity index (χ1v) is 7.87. The molecule has 0 bridgehead atoms. The summed E-state index contributed by atoms with van der Waals surface area (Å²) in [5.41, 5.74) is 3.81. The number of aromatic amines is 1. The predicted molar refractivity (Wildman–Crippen MR) is 96.9 cm³/mol. The molecule has 0 aliphatic carbocycles. The minimum absolute atomic E-state index is 0.0464. The van der Waals surface area contributed by atoms with Crippen molar-refractivity contribution in [2.75, 3.05) is 10.6 Å². The van der Waals surface area contributed by atoms with E-state index < -0.39 is 0 Å². The Kier molecular flexibility index (Phi) is 4.65. The summed E-state index contributed by atoms with van der Waals surface area (Å²) in [6, 6.07) is 12.1. The molecule has 1 aromatic carbocycles. The van der Waals surface area contributed by atoms with Crippen LogP contribution in [0.5, 0.6) is 0 Å². The molecule has 7 nitrogen and oxygen atoms in total. The van der Waals surface area contributed by atoms with Gasteiger partial charge >= 0.3 is 6.03 Å². The molecule has 0 saturated heterocycles. The summed E-state index contributed by atoms with van der Waals surface area (Å²) in [4.78, 5) is 23.8. The SMILES string of the molecule is Cc1n[nH]c(C)c1NC(=O)Nc1ccc(Cn2ccccc2=O)cc1. The van der Waals surface area contributed by atoms with Crippen molar-refractivity contribution in [2.45, 2.75) is 20.4 Å². The van der Waals surface area contributed by atoms with E-state index in [2.05, 4.69) is 20.8 Å². The van der Waals surface area contributed by atoms with E-state index in [1.54, 1.807) is 29.0 Å². The molecule has 0 unspecified atom stereocenters. The second kappa shape index (κ2) is 7.04. The lowest BCUT2D eigenvalue weighted by atomic mass is 10.2. The van der Waals surface area contributed by atoms with Gasteiger partial charge in [0.2, 0.25) is 0 Å². The molecule has 3 rings (SSSR count). The Morgan fingerprint density at radius 1 is 1.12 bits per heavy atom. The number of amides is 2. The number of pyridine rings is 1. The summed E-state index contributed by atoms with van der Waals surface area (Å²) in [6.07, 6.45) is 1.75. The molecular weight excluding hydrogens is 318 g/mol. The minimum Gasteiger partial charge on any atom is -0.311 e. The summed E-state index contributed by atoms with van der Waals surface area (Å²) in [5, 5.41) is 12.4. The molecule has 25 heavy (non-hydrogen) atoms. The first-order chi connectivity index (χ1) is 12.0. The summed E-state index contributed by atoms with van der Waals surface area (Å²) >= 11 is 0. The highest BCUT2D eigenvalue weighted by atomic mass is 16.2. The van der Waals surface area contributed by atoms with Gasteiger partial charge in [-0.25, -0.2) is 4.79 Å². The summed E-state index contributed by atoms with van der Waals surface area (Å²) < 4.78 is 1.62. The highest BCUT2D eigenvalue weighted by Gasteiger charge is 2.10. The van der Waals surface area contributed by atoms with Crippen LogP contribution >= 0.6 is 0 Å². The Morgan fingerprint density at radius 3 is 2.52 bits per heavy atom. The molecule has 0 saturated carbocycles. The lowest BCUT2D eigenvalue weighted by Gasteiger charge is -2.09. The summed E-state index contributed by atoms with van der Waals surface area (Å²) in [6.45, 7) is 4.15. The van der Waals surface area contributed by atoms with Crippen LogP contribution < -0.4 is 16.2 Å². The number of hydrogen-bond donors (Lipinski definition) is 3. The van der Waals surface area contributed by atoms with Crippen LogP contribution in [0.3, 0.4) is 0 Å². The van der Waals surface area contributed by atoms with Crippen molar-refractivity contribution in [3.05, 3.63) is 76.0 Å². The first kappa shape index (κ1) is 16.5. The second-order valence-corrected chi connectivity index (χ2v) is 5.75. The zero-order valence-corrected chi connectivity index (χ0v) is 14.0. The van der Waals surface area contributed by atoms with Crippen LogP contribution in [0.2, 0.25) is 0 Å². The Bertz CT molecular complexity index is 921. The van der Waals surface area contributed by atoms with Crippen LogP contribution in [0.15, 0.2) is 53.5 Å². The van der Waals surface area contributed by atoms with Gasteiger partial charge in [0.1, 0.15) is 0 Å². The van der Waals surface area contributed by atoms with Gasteiger partial charge in [-0.05, 0) is 37.6 Å². The fraction of sp³-hybridized carbons (Fsp3) is 0.167. The maximum absolute atomic E-state index is 12.1. The van der Waals surface area contributed by atoms with Crippen molar-refractivity contribution >= 4 is 17.4 Å². The Morgan fingerprint density at radius 2 is 1.88 bits per heavy atom. The van der Waals surface area contributed by atoms with Crippen LogP contribution in [0.4, 0.5) is 16.2 Å². The molecule has 0 atom stereocenters. The van der Waals surface area contributed by atoms with E-state index in [9.17, 15) is 9.59 Å². The molecular formula is C18H19N5O2. The van der Waals surface area contributed by atoms with Gasteiger partial charge in [-0.15, -0.1) is 0 Å². The fourth-order valence-electron chi connectivity index (χ4n) is 2.49. The molecule has 3 N–H and O–H groups in total. The topological polar surface area (TPSA) is 91.8 Å². The van der Waals surface area contributed by atoms with Gasteiger partial charge in [-0.2, -0.15) is 5.10 Å². The van der Waals surface area contributed by atoms with Gasteiger partial charge in [0.05, 0.1) is 23.6 Å². The standard InChI is InChI=1S/C18H19N5O2/c1-12-17(13(2)22-21-12)20-18(25)19-15-8-6-14(7-9-15)11-23-10-4-3-5-16(23)24/h3-10H,11H2,1-2H3,(H,21,22)(H2,19,20,25). The molecule has 3 aromatic rings. The quantitative estimate of drug-likeness (QED) is 0.683. The van der Waals surface area contributed by atoms with Gasteiger partial charge in [0, 0.05) is 18.0 Å². The first-order valence-electron chi connectivity index (χ1n) is 7.87. The molecule has 0 spiro atoms. The lowest BCUT2D eigenvalue weighted by Crippen LogP contribution is -2.20. The zero-order valence-electron chi connectivity index (χ0n) is 14.0. The van der Waals surface area contributed by atoms with Crippen LogP contribution in [0, 0.1) is 13.8 Å². The number of aryl methyl sites for hydroxylation is 2. The van der Waals surface area contributed by atoms with E-state index in [1.165, 1.54) is 6.07 Å². The maximum atomic E-state index is 12.1. The highest BCUT2D eigenvalue weighted by molar-refractivity contribution is 6.00. The van der Waals surface area contributed by atoms with Crippen molar-refractivity contribution in [1.29, 1.82) is 0 Å². The number of aromatic nitrogens is 3. The Hall–Kier alpha value is -3.35. The number of nitrogens with one attached hydrogen (secondary N) is 3. The smallest absolute Gasteiger partial charge is 0.311 e. The number of carbonyl (C=O) groups excluding carboxylic acids is 1. The third kappa shape index (κ3) is 3.95. The monoisotopic (exact) mass is 337 g/mol. The molecule has 0 fully saturated rings. The van der Waals surface area contributed by atoms with E-state index in [0.29, 0.717) is 17.9 Å². The Labute approximate surface area is 144 Å². The van der Waals surface area contributed by atoms with Crippen LogP contribution in [0.1, 0.15) is 17.0 Å². The van der Waals surface area contributed by atoms with Crippen molar-refractivity contribution in [3.8, 4) is 0 Å². The normalized spacial score (nSPS) is 10.5. The summed E-state index contributed by atoms with van der Waals surface area (Å²) in [7, 11) is 0. The van der Waals surface area contributed by atoms with Crippen molar-refractivity contribution in [1.82, 2.24) is 14.8 Å². The van der Waals surface area contributed by atoms with Gasteiger partial charge in [0.15, 0.2) is 0 Å². The van der Waals surface area contributed by atoms with Crippen LogP contribution in [0.25, 0.3) is 0 Å². The lowest BCUT2D eigenvalue weighted by molar-refractivity contribution is 0.262. The number of anilines is 2. The van der Waals surface area contributed by atoms with E-state index >= 15 is 0 Å². The average Bonchev–Trinajstić information content (AvgIpc) is 2.90. The number of H-pyrrole nitrogens is 1. The molecule has 0 aliphatic heterocycles. The molecule has 2 amide bonds. The second-order valence-electron chi connectivity index (χ2n) is 5.75. The number of rotatable bonds is 4. The van der Waals surface area contributed by atoms with Crippen LogP contribution in [-0.4, -0.2) is 20.8 Å². The average molecular weight is 337 g/mol. The number of hydrogen-bond acceptors (Lipinski definition) is 3. The molecule has 7 heteroatoms. The third-order valence-corrected chi connectivity index (χ3v) is 3.83. The zero-order chi connectivity index (χ0) is 17.8. The molecule has 0 radical (unpaired) electrons. The van der Waals surface area contributed by atoms with Gasteiger partial charge in [-0.1, -0.05) is 18.2 Å². The van der Waals surface area contributed by atoms with Gasteiger partial charge in [0.25, 0.3) is 5.56 Å². The van der Waals surface area contributed by atoms with Crippen molar-refractivity contribution in [3.63, 3.8) is 0 Å². The number of carbonyl (C=O) groups is 1. The van der Waals surface area contributed by atoms with E-state index in [4.69, 9.17) is 0 Å². The Balaban J connectivity index is 1.63. The maximum Gasteiger partial charge on any atom is 0.323 e. The fourth-order valence-corrected chi connectivity index (χ4v) is 2.49. The molecule has 0 aliphatic rings. The number of urea groups is 1. The van der Waals surface area contributed by atoms with E-state index in [0.717, 1.165) is 17.0 Å². The van der Waals surface area contributed by atoms with Crippen LogP contribution in [-0.2, 0) is 6.54 Å². The minimum atomic E-state index is -0.334. The van der Waals surface area contributed by atoms with Crippen molar-refractivity contribution in [2.24, 2.45) is 0 Å². The molecule has 2 aromatic heterocycles. The van der Waals surface area contributed by atoms with E-state index in [-0.39, 0.29) is 11.6 Å². The van der Waals surface area contributed by atoms with E-state index in [1.807, 2.05) is 32.0 Å². The molecule has 128 valence electrons.